The van der Waals surface area contributed by atoms with Gasteiger partial charge in [0.15, 0.2) is 0 Å². The smallest absolute Gasteiger partial charge is 0.323 e. The Morgan fingerprint density at radius 2 is 2.12 bits per heavy atom. The highest BCUT2D eigenvalue weighted by molar-refractivity contribution is 5.98. The Morgan fingerprint density at radius 3 is 2.79 bits per heavy atom. The minimum absolute atomic E-state index is 0.188. The number of benzene rings is 1. The van der Waals surface area contributed by atoms with Crippen LogP contribution in [0.4, 0.5) is 5.69 Å². The molecule has 1 heterocycles. The lowest BCUT2D eigenvalue weighted by Crippen LogP contribution is -2.31. The molecule has 8 nitrogen and oxygen atoms in total. The van der Waals surface area contributed by atoms with Crippen molar-refractivity contribution in [3.8, 4) is 0 Å². The number of carboxylic acids is 1. The summed E-state index contributed by atoms with van der Waals surface area (Å²) in [7, 11) is 1.41. The first-order chi connectivity index (χ1) is 11.5. The number of amides is 2. The van der Waals surface area contributed by atoms with E-state index in [9.17, 15) is 14.4 Å². The SMILES string of the molecule is CN(CC(=O)O)C(=O)c1cccc(NC(=O)CCn2ccnc2)c1. The first kappa shape index (κ1) is 17.2. The predicted octanol–water partition coefficient (Wildman–Crippen LogP) is 1.07. The topological polar surface area (TPSA) is 105 Å². The molecule has 0 saturated heterocycles. The van der Waals surface area contributed by atoms with E-state index < -0.39 is 11.9 Å². The number of aliphatic carboxylic acids is 1. The molecule has 0 radical (unpaired) electrons. The van der Waals surface area contributed by atoms with E-state index in [4.69, 9.17) is 5.11 Å². The fourth-order valence-corrected chi connectivity index (χ4v) is 2.10. The number of nitrogens with one attached hydrogen (secondary N) is 1. The zero-order valence-electron chi connectivity index (χ0n) is 13.2. The molecule has 126 valence electrons. The highest BCUT2D eigenvalue weighted by Crippen LogP contribution is 2.13. The lowest BCUT2D eigenvalue weighted by Gasteiger charge is -2.15. The number of carbonyl (C=O) groups is 3. The second kappa shape index (κ2) is 7.91. The number of nitrogens with zero attached hydrogens (tertiary/aromatic N) is 3. The number of imidazole rings is 1. The monoisotopic (exact) mass is 330 g/mol. The highest BCUT2D eigenvalue weighted by Gasteiger charge is 2.15. The van der Waals surface area contributed by atoms with Gasteiger partial charge in [-0.25, -0.2) is 4.98 Å². The summed E-state index contributed by atoms with van der Waals surface area (Å²) in [6.07, 6.45) is 5.31. The molecule has 1 aromatic carbocycles. The van der Waals surface area contributed by atoms with E-state index in [1.54, 1.807) is 41.5 Å². The van der Waals surface area contributed by atoms with Crippen molar-refractivity contribution in [2.45, 2.75) is 13.0 Å². The Kier molecular flexibility index (Phi) is 5.67. The van der Waals surface area contributed by atoms with Crippen LogP contribution in [0, 0.1) is 0 Å². The zero-order valence-corrected chi connectivity index (χ0v) is 13.2. The Balaban J connectivity index is 1.95. The molecule has 2 aromatic rings. The summed E-state index contributed by atoms with van der Waals surface area (Å²) in [5, 5.41) is 11.5. The van der Waals surface area contributed by atoms with Crippen LogP contribution in [0.25, 0.3) is 0 Å². The fraction of sp³-hybridized carbons (Fsp3) is 0.250. The van der Waals surface area contributed by atoms with Crippen molar-refractivity contribution < 1.29 is 19.5 Å². The van der Waals surface area contributed by atoms with E-state index in [0.29, 0.717) is 17.8 Å². The van der Waals surface area contributed by atoms with Crippen LogP contribution in [0.2, 0.25) is 0 Å². The molecule has 8 heteroatoms. The van der Waals surface area contributed by atoms with Crippen molar-refractivity contribution in [2.24, 2.45) is 0 Å². The van der Waals surface area contributed by atoms with Crippen molar-refractivity contribution in [3.05, 3.63) is 48.5 Å². The standard InChI is InChI=1S/C16H18N4O4/c1-19(10-15(22)23)16(24)12-3-2-4-13(9-12)18-14(21)5-7-20-8-6-17-11-20/h2-4,6,8-9,11H,5,7,10H2,1H3,(H,18,21)(H,22,23). The maximum absolute atomic E-state index is 12.1. The van der Waals surface area contributed by atoms with Crippen LogP contribution in [-0.4, -0.2) is 50.9 Å². The average Bonchev–Trinajstić information content (AvgIpc) is 3.05. The van der Waals surface area contributed by atoms with Crippen molar-refractivity contribution in [1.29, 1.82) is 0 Å². The quantitative estimate of drug-likeness (QED) is 0.790. The van der Waals surface area contributed by atoms with Gasteiger partial charge in [-0.05, 0) is 18.2 Å². The Labute approximate surface area is 138 Å². The third kappa shape index (κ3) is 4.94. The molecule has 1 aromatic heterocycles. The number of carbonyl (C=O) groups excluding carboxylic acids is 2. The van der Waals surface area contributed by atoms with Crippen molar-refractivity contribution in [1.82, 2.24) is 14.5 Å². The van der Waals surface area contributed by atoms with Gasteiger partial charge in [-0.1, -0.05) is 6.07 Å². The largest absolute Gasteiger partial charge is 0.480 e. The second-order valence-electron chi connectivity index (χ2n) is 5.23. The number of anilines is 1. The van der Waals surface area contributed by atoms with Crippen LogP contribution in [0.3, 0.4) is 0 Å². The second-order valence-corrected chi connectivity index (χ2v) is 5.23. The Bertz CT molecular complexity index is 727. The van der Waals surface area contributed by atoms with Gasteiger partial charge in [-0.15, -0.1) is 0 Å². The molecule has 0 atom stereocenters. The highest BCUT2D eigenvalue weighted by atomic mass is 16.4. The van der Waals surface area contributed by atoms with Crippen LogP contribution in [0.5, 0.6) is 0 Å². The summed E-state index contributed by atoms with van der Waals surface area (Å²) in [5.41, 5.74) is 0.798. The average molecular weight is 330 g/mol. The van der Waals surface area contributed by atoms with Crippen LogP contribution in [-0.2, 0) is 16.1 Å². The van der Waals surface area contributed by atoms with Crippen molar-refractivity contribution in [2.75, 3.05) is 18.9 Å². The molecule has 0 bridgehead atoms. The molecule has 0 spiro atoms. The lowest BCUT2D eigenvalue weighted by molar-refractivity contribution is -0.137. The van der Waals surface area contributed by atoms with E-state index in [1.807, 2.05) is 0 Å². The van der Waals surface area contributed by atoms with Gasteiger partial charge in [0.1, 0.15) is 6.54 Å². The van der Waals surface area contributed by atoms with Crippen LogP contribution in [0.1, 0.15) is 16.8 Å². The minimum atomic E-state index is -1.09. The van der Waals surface area contributed by atoms with E-state index in [0.717, 1.165) is 4.90 Å². The van der Waals surface area contributed by atoms with Gasteiger partial charge in [-0.2, -0.15) is 0 Å². The van der Waals surface area contributed by atoms with Gasteiger partial charge in [0.2, 0.25) is 5.91 Å². The number of likely N-dealkylation sites (N-methyl/N-ethyl adjacent to an activating group) is 1. The number of hydrogen-bond donors (Lipinski definition) is 2. The molecule has 0 unspecified atom stereocenters. The first-order valence-electron chi connectivity index (χ1n) is 7.28. The van der Waals surface area contributed by atoms with Crippen LogP contribution in [0.15, 0.2) is 43.0 Å². The summed E-state index contributed by atoms with van der Waals surface area (Å²) in [5.74, 6) is -1.70. The van der Waals surface area contributed by atoms with Crippen molar-refractivity contribution >= 4 is 23.5 Å². The summed E-state index contributed by atoms with van der Waals surface area (Å²) in [4.78, 5) is 39.8. The minimum Gasteiger partial charge on any atom is -0.480 e. The predicted molar refractivity (Wildman–Crippen MR) is 86.5 cm³/mol. The van der Waals surface area contributed by atoms with E-state index in [2.05, 4.69) is 10.3 Å². The lowest BCUT2D eigenvalue weighted by atomic mass is 10.1. The van der Waals surface area contributed by atoms with Gasteiger partial charge < -0.3 is 19.9 Å². The van der Waals surface area contributed by atoms with Crippen LogP contribution >= 0.6 is 0 Å². The van der Waals surface area contributed by atoms with Gasteiger partial charge in [0, 0.05) is 43.7 Å². The third-order valence-corrected chi connectivity index (χ3v) is 3.27. The van der Waals surface area contributed by atoms with Gasteiger partial charge >= 0.3 is 5.97 Å². The number of carboxylic acid groups (broad SMARTS) is 1. The molecule has 0 aliphatic heterocycles. The number of hydrogen-bond acceptors (Lipinski definition) is 4. The molecule has 2 rings (SSSR count). The van der Waals surface area contributed by atoms with Gasteiger partial charge in [-0.3, -0.25) is 14.4 Å². The van der Waals surface area contributed by atoms with E-state index in [1.165, 1.54) is 13.1 Å². The molecular formula is C16H18N4O4. The summed E-state index contributed by atoms with van der Waals surface area (Å²) < 4.78 is 1.79. The maximum Gasteiger partial charge on any atom is 0.323 e. The number of aromatic nitrogens is 2. The summed E-state index contributed by atoms with van der Waals surface area (Å²) in [6, 6.07) is 6.40. The molecule has 0 saturated carbocycles. The molecule has 2 amide bonds. The zero-order chi connectivity index (χ0) is 17.5. The molecule has 24 heavy (non-hydrogen) atoms. The fourth-order valence-electron chi connectivity index (χ4n) is 2.10. The molecule has 0 fully saturated rings. The molecule has 0 aliphatic rings. The maximum atomic E-state index is 12.1. The Morgan fingerprint density at radius 1 is 1.33 bits per heavy atom. The van der Waals surface area contributed by atoms with E-state index >= 15 is 0 Å². The number of rotatable bonds is 7. The van der Waals surface area contributed by atoms with E-state index in [-0.39, 0.29) is 18.9 Å². The Hall–Kier alpha value is -3.16. The van der Waals surface area contributed by atoms with Crippen LogP contribution < -0.4 is 5.32 Å². The third-order valence-electron chi connectivity index (χ3n) is 3.27. The van der Waals surface area contributed by atoms with Crippen molar-refractivity contribution in [3.63, 3.8) is 0 Å². The summed E-state index contributed by atoms with van der Waals surface area (Å²) in [6.45, 7) is 0.117. The first-order valence-corrected chi connectivity index (χ1v) is 7.28. The number of aryl methyl sites for hydroxylation is 1. The van der Waals surface area contributed by atoms with Gasteiger partial charge in [0.05, 0.1) is 6.33 Å². The normalized spacial score (nSPS) is 10.2. The molecule has 2 N–H and O–H groups in total. The summed E-state index contributed by atoms with van der Waals surface area (Å²) >= 11 is 0. The molecular weight excluding hydrogens is 312 g/mol. The molecule has 0 aliphatic carbocycles. The van der Waals surface area contributed by atoms with Gasteiger partial charge in [0.25, 0.3) is 5.91 Å².